The minimum absolute atomic E-state index is 0.0425. The Morgan fingerprint density at radius 3 is 2.44 bits per heavy atom. The molecule has 0 spiro atoms. The number of hydrogen-bond acceptors (Lipinski definition) is 3. The second kappa shape index (κ2) is 8.42. The quantitative estimate of drug-likeness (QED) is 0.723. The molecule has 1 aliphatic carbocycles. The van der Waals surface area contributed by atoms with E-state index in [1.165, 1.54) is 0 Å². The normalized spacial score (nSPS) is 14.4. The molecule has 2 amide bonds. The molecule has 0 unspecified atom stereocenters. The van der Waals surface area contributed by atoms with E-state index < -0.39 is 0 Å². The van der Waals surface area contributed by atoms with E-state index in [4.69, 9.17) is 9.47 Å². The Bertz CT molecular complexity index is 669. The van der Waals surface area contributed by atoms with Gasteiger partial charge in [0.25, 0.3) is 0 Å². The van der Waals surface area contributed by atoms with Gasteiger partial charge < -0.3 is 20.1 Å². The highest BCUT2D eigenvalue weighted by Crippen LogP contribution is 2.41. The van der Waals surface area contributed by atoms with E-state index >= 15 is 0 Å². The molecule has 0 aromatic heterocycles. The zero-order chi connectivity index (χ0) is 17.5. The molecule has 25 heavy (non-hydrogen) atoms. The first-order chi connectivity index (χ1) is 12.3. The van der Waals surface area contributed by atoms with E-state index in [9.17, 15) is 4.79 Å². The highest BCUT2D eigenvalue weighted by molar-refractivity contribution is 5.74. The lowest BCUT2D eigenvalue weighted by Crippen LogP contribution is -2.40. The first kappa shape index (κ1) is 17.1. The van der Waals surface area contributed by atoms with Crippen LogP contribution in [0.5, 0.6) is 11.5 Å². The number of carbonyl (C=O) groups excluding carboxylic acids is 1. The maximum Gasteiger partial charge on any atom is 0.315 e. The zero-order valence-corrected chi connectivity index (χ0v) is 14.4. The molecular weight excluding hydrogens is 316 g/mol. The predicted octanol–water partition coefficient (Wildman–Crippen LogP) is 3.52. The fraction of sp³-hybridized carbons (Fsp3) is 0.350. The minimum Gasteiger partial charge on any atom is -0.497 e. The molecule has 1 atom stereocenters. The van der Waals surface area contributed by atoms with E-state index in [2.05, 4.69) is 10.6 Å². The van der Waals surface area contributed by atoms with Gasteiger partial charge >= 0.3 is 6.03 Å². The monoisotopic (exact) mass is 340 g/mol. The maximum atomic E-state index is 12.2. The van der Waals surface area contributed by atoms with Gasteiger partial charge in [-0.05, 0) is 48.6 Å². The Kier molecular flexibility index (Phi) is 5.77. The van der Waals surface area contributed by atoms with Crippen molar-refractivity contribution in [3.05, 3.63) is 60.2 Å². The summed E-state index contributed by atoms with van der Waals surface area (Å²) in [5, 5.41) is 5.94. The number of hydrogen-bond donors (Lipinski definition) is 2. The number of methoxy groups -OCH3 is 1. The van der Waals surface area contributed by atoms with E-state index in [-0.39, 0.29) is 12.1 Å². The van der Waals surface area contributed by atoms with Crippen LogP contribution in [0.3, 0.4) is 0 Å². The van der Waals surface area contributed by atoms with Gasteiger partial charge in [-0.25, -0.2) is 4.79 Å². The number of amides is 2. The summed E-state index contributed by atoms with van der Waals surface area (Å²) in [6, 6.07) is 17.3. The van der Waals surface area contributed by atoms with Gasteiger partial charge in [0.15, 0.2) is 0 Å². The molecule has 2 aromatic rings. The molecule has 0 heterocycles. The van der Waals surface area contributed by atoms with Crippen molar-refractivity contribution < 1.29 is 14.3 Å². The van der Waals surface area contributed by atoms with Crippen molar-refractivity contribution in [2.24, 2.45) is 5.92 Å². The van der Waals surface area contributed by atoms with Gasteiger partial charge in [-0.2, -0.15) is 0 Å². The van der Waals surface area contributed by atoms with Crippen molar-refractivity contribution in [3.63, 3.8) is 0 Å². The Morgan fingerprint density at radius 2 is 1.80 bits per heavy atom. The highest BCUT2D eigenvalue weighted by Gasteiger charge is 2.33. The summed E-state index contributed by atoms with van der Waals surface area (Å²) in [4.78, 5) is 12.2. The topological polar surface area (TPSA) is 59.6 Å². The van der Waals surface area contributed by atoms with Crippen molar-refractivity contribution in [1.29, 1.82) is 0 Å². The molecule has 2 N–H and O–H groups in total. The number of benzene rings is 2. The summed E-state index contributed by atoms with van der Waals surface area (Å²) < 4.78 is 10.8. The van der Waals surface area contributed by atoms with Crippen molar-refractivity contribution in [3.8, 4) is 11.5 Å². The molecule has 0 saturated heterocycles. The Morgan fingerprint density at radius 1 is 1.08 bits per heavy atom. The SMILES string of the molecule is COc1ccc([C@H](NC(=O)NCCOc2ccccc2)C2CC2)cc1. The fourth-order valence-electron chi connectivity index (χ4n) is 2.76. The van der Waals surface area contributed by atoms with Crippen LogP contribution in [0, 0.1) is 5.92 Å². The number of rotatable bonds is 8. The van der Waals surface area contributed by atoms with Crippen LogP contribution in [0.1, 0.15) is 24.4 Å². The van der Waals surface area contributed by atoms with Crippen LogP contribution in [-0.2, 0) is 0 Å². The molecule has 132 valence electrons. The molecule has 5 heteroatoms. The van der Waals surface area contributed by atoms with E-state index in [1.807, 2.05) is 54.6 Å². The van der Waals surface area contributed by atoms with Crippen LogP contribution in [0.2, 0.25) is 0 Å². The lowest BCUT2D eigenvalue weighted by atomic mass is 10.0. The molecule has 5 nitrogen and oxygen atoms in total. The van der Waals surface area contributed by atoms with E-state index in [0.29, 0.717) is 19.1 Å². The first-order valence-electron chi connectivity index (χ1n) is 8.62. The summed E-state index contributed by atoms with van der Waals surface area (Å²) in [6.07, 6.45) is 2.29. The third-order valence-corrected chi connectivity index (χ3v) is 4.25. The van der Waals surface area contributed by atoms with E-state index in [0.717, 1.165) is 29.9 Å². The first-order valence-corrected chi connectivity index (χ1v) is 8.62. The van der Waals surface area contributed by atoms with Crippen molar-refractivity contribution in [2.75, 3.05) is 20.3 Å². The second-order valence-electron chi connectivity index (χ2n) is 6.15. The number of nitrogens with one attached hydrogen (secondary N) is 2. The fourth-order valence-corrected chi connectivity index (χ4v) is 2.76. The summed E-state index contributed by atoms with van der Waals surface area (Å²) in [6.45, 7) is 0.898. The molecule has 3 rings (SSSR count). The Balaban J connectivity index is 1.46. The summed E-state index contributed by atoms with van der Waals surface area (Å²) in [5.74, 6) is 2.14. The summed E-state index contributed by atoms with van der Waals surface area (Å²) >= 11 is 0. The zero-order valence-electron chi connectivity index (χ0n) is 14.4. The lowest BCUT2D eigenvalue weighted by molar-refractivity contribution is 0.231. The smallest absolute Gasteiger partial charge is 0.315 e. The average Bonchev–Trinajstić information content (AvgIpc) is 3.49. The van der Waals surface area contributed by atoms with Gasteiger partial charge in [0, 0.05) is 0 Å². The molecule has 0 aliphatic heterocycles. The number of para-hydroxylation sites is 1. The molecule has 1 aliphatic rings. The Labute approximate surface area is 148 Å². The van der Waals surface area contributed by atoms with Gasteiger partial charge in [0.1, 0.15) is 18.1 Å². The molecule has 2 aromatic carbocycles. The van der Waals surface area contributed by atoms with Crippen molar-refractivity contribution >= 4 is 6.03 Å². The molecule has 0 radical (unpaired) electrons. The largest absolute Gasteiger partial charge is 0.497 e. The van der Waals surface area contributed by atoms with Crippen LogP contribution in [0.4, 0.5) is 4.79 Å². The van der Waals surface area contributed by atoms with Gasteiger partial charge in [-0.3, -0.25) is 0 Å². The van der Waals surface area contributed by atoms with Crippen LogP contribution in [0.15, 0.2) is 54.6 Å². The number of ether oxygens (including phenoxy) is 2. The van der Waals surface area contributed by atoms with Crippen LogP contribution in [0.25, 0.3) is 0 Å². The third-order valence-electron chi connectivity index (χ3n) is 4.25. The van der Waals surface area contributed by atoms with Gasteiger partial charge in [-0.1, -0.05) is 30.3 Å². The van der Waals surface area contributed by atoms with Crippen molar-refractivity contribution in [1.82, 2.24) is 10.6 Å². The third kappa shape index (κ3) is 5.14. The molecule has 1 saturated carbocycles. The predicted molar refractivity (Wildman–Crippen MR) is 96.9 cm³/mol. The van der Waals surface area contributed by atoms with E-state index in [1.54, 1.807) is 7.11 Å². The highest BCUT2D eigenvalue weighted by atomic mass is 16.5. The molecule has 0 bridgehead atoms. The van der Waals surface area contributed by atoms with Crippen molar-refractivity contribution in [2.45, 2.75) is 18.9 Å². The summed E-state index contributed by atoms with van der Waals surface area (Å²) in [5.41, 5.74) is 1.11. The van der Waals surface area contributed by atoms with Crippen LogP contribution >= 0.6 is 0 Å². The molecular formula is C20H24N2O3. The Hall–Kier alpha value is -2.69. The number of carbonyl (C=O) groups is 1. The molecule has 1 fully saturated rings. The summed E-state index contributed by atoms with van der Waals surface area (Å²) in [7, 11) is 1.65. The van der Waals surface area contributed by atoms with Crippen LogP contribution in [-0.4, -0.2) is 26.3 Å². The maximum absolute atomic E-state index is 12.2. The number of urea groups is 1. The van der Waals surface area contributed by atoms with Gasteiger partial charge in [0.2, 0.25) is 0 Å². The average molecular weight is 340 g/mol. The van der Waals surface area contributed by atoms with Gasteiger partial charge in [-0.15, -0.1) is 0 Å². The van der Waals surface area contributed by atoms with Gasteiger partial charge in [0.05, 0.1) is 19.7 Å². The lowest BCUT2D eigenvalue weighted by Gasteiger charge is -2.19. The standard InChI is InChI=1S/C20H24N2O3/c1-24-17-11-9-16(10-12-17)19(15-7-8-15)22-20(23)21-13-14-25-18-5-3-2-4-6-18/h2-6,9-12,15,19H,7-8,13-14H2,1H3,(H2,21,22,23)/t19-/m1/s1. The minimum atomic E-state index is -0.163. The second-order valence-corrected chi connectivity index (χ2v) is 6.15. The van der Waals surface area contributed by atoms with Crippen LogP contribution < -0.4 is 20.1 Å².